The Morgan fingerprint density at radius 3 is 3.06 bits per heavy atom. The Morgan fingerprint density at radius 1 is 1.56 bits per heavy atom. The quantitative estimate of drug-likeness (QED) is 0.820. The van der Waals surface area contributed by atoms with E-state index in [9.17, 15) is 4.39 Å². The lowest BCUT2D eigenvalue weighted by Crippen LogP contribution is -2.34. The first kappa shape index (κ1) is 11.6. The van der Waals surface area contributed by atoms with E-state index >= 15 is 0 Å². The minimum absolute atomic E-state index is 0.140. The van der Waals surface area contributed by atoms with Gasteiger partial charge in [-0.25, -0.2) is 4.39 Å². The molecule has 0 saturated carbocycles. The third-order valence-corrected chi connectivity index (χ3v) is 3.33. The molecular weight excluding hydrogens is 205 g/mol. The standard InChI is InChI=1S/C13H18FNO/c1-2-11(8-16)15-13-6-3-9-7-10(14)4-5-12(9)13/h4-5,7,11,13,15-16H,2-3,6,8H2,1H3. The van der Waals surface area contributed by atoms with Crippen LogP contribution in [0.5, 0.6) is 0 Å². The van der Waals surface area contributed by atoms with Crippen LogP contribution in [0, 0.1) is 5.82 Å². The molecule has 0 heterocycles. The second-order valence-electron chi connectivity index (χ2n) is 4.39. The number of benzene rings is 1. The summed E-state index contributed by atoms with van der Waals surface area (Å²) in [5, 5.41) is 12.6. The summed E-state index contributed by atoms with van der Waals surface area (Å²) in [6, 6.07) is 5.41. The molecule has 0 bridgehead atoms. The summed E-state index contributed by atoms with van der Waals surface area (Å²) >= 11 is 0. The van der Waals surface area contributed by atoms with Crippen molar-refractivity contribution in [1.29, 1.82) is 0 Å². The van der Waals surface area contributed by atoms with Crippen molar-refractivity contribution in [3.63, 3.8) is 0 Å². The van der Waals surface area contributed by atoms with Crippen LogP contribution in [0.1, 0.15) is 36.9 Å². The number of nitrogens with one attached hydrogen (secondary N) is 1. The lowest BCUT2D eigenvalue weighted by atomic mass is 10.1. The Hall–Kier alpha value is -0.930. The van der Waals surface area contributed by atoms with Gasteiger partial charge in [-0.3, -0.25) is 0 Å². The SMILES string of the molecule is CCC(CO)NC1CCc2cc(F)ccc21. The molecular formula is C13H18FNO. The summed E-state index contributed by atoms with van der Waals surface area (Å²) < 4.78 is 13.0. The normalized spacial score (nSPS) is 20.8. The van der Waals surface area contributed by atoms with E-state index in [1.807, 2.05) is 6.07 Å². The number of aliphatic hydroxyl groups is 1. The molecule has 1 aromatic rings. The Kier molecular flexibility index (Phi) is 3.56. The summed E-state index contributed by atoms with van der Waals surface area (Å²) in [5.41, 5.74) is 2.29. The topological polar surface area (TPSA) is 32.3 Å². The fourth-order valence-electron chi connectivity index (χ4n) is 2.34. The molecule has 2 atom stereocenters. The zero-order valence-electron chi connectivity index (χ0n) is 9.54. The molecule has 2 unspecified atom stereocenters. The Balaban J connectivity index is 2.11. The largest absolute Gasteiger partial charge is 0.395 e. The van der Waals surface area contributed by atoms with Gasteiger partial charge in [0.1, 0.15) is 5.82 Å². The molecule has 2 nitrogen and oxygen atoms in total. The minimum Gasteiger partial charge on any atom is -0.395 e. The summed E-state index contributed by atoms with van der Waals surface area (Å²) in [7, 11) is 0. The number of aliphatic hydroxyl groups excluding tert-OH is 1. The summed E-state index contributed by atoms with van der Waals surface area (Å²) in [6.45, 7) is 2.21. The molecule has 1 aliphatic rings. The molecule has 0 saturated heterocycles. The molecule has 88 valence electrons. The predicted octanol–water partition coefficient (Wildman–Crippen LogP) is 2.17. The Bertz CT molecular complexity index is 363. The van der Waals surface area contributed by atoms with E-state index in [4.69, 9.17) is 5.11 Å². The van der Waals surface area contributed by atoms with Crippen LogP contribution < -0.4 is 5.32 Å². The van der Waals surface area contributed by atoms with Gasteiger partial charge >= 0.3 is 0 Å². The van der Waals surface area contributed by atoms with Gasteiger partial charge < -0.3 is 10.4 Å². The third kappa shape index (κ3) is 2.25. The summed E-state index contributed by atoms with van der Waals surface area (Å²) in [5.74, 6) is -0.159. The van der Waals surface area contributed by atoms with Crippen LogP contribution in [0.25, 0.3) is 0 Å². The predicted molar refractivity (Wildman–Crippen MR) is 61.8 cm³/mol. The van der Waals surface area contributed by atoms with Crippen LogP contribution in [0.2, 0.25) is 0 Å². The van der Waals surface area contributed by atoms with Crippen LogP contribution in [0.15, 0.2) is 18.2 Å². The van der Waals surface area contributed by atoms with E-state index in [-0.39, 0.29) is 24.5 Å². The van der Waals surface area contributed by atoms with Crippen LogP contribution >= 0.6 is 0 Å². The van der Waals surface area contributed by atoms with Crippen molar-refractivity contribution in [2.24, 2.45) is 0 Å². The summed E-state index contributed by atoms with van der Waals surface area (Å²) in [4.78, 5) is 0. The van der Waals surface area contributed by atoms with Crippen molar-refractivity contribution in [2.75, 3.05) is 6.61 Å². The zero-order valence-corrected chi connectivity index (χ0v) is 9.54. The van der Waals surface area contributed by atoms with Gasteiger partial charge in [0.05, 0.1) is 6.61 Å². The highest BCUT2D eigenvalue weighted by atomic mass is 19.1. The highest BCUT2D eigenvalue weighted by molar-refractivity contribution is 5.35. The number of hydrogen-bond donors (Lipinski definition) is 2. The van der Waals surface area contributed by atoms with Crippen LogP contribution in [0.4, 0.5) is 4.39 Å². The fourth-order valence-corrected chi connectivity index (χ4v) is 2.34. The van der Waals surface area contributed by atoms with E-state index in [0.29, 0.717) is 0 Å². The smallest absolute Gasteiger partial charge is 0.123 e. The van der Waals surface area contributed by atoms with Gasteiger partial charge in [-0.1, -0.05) is 13.0 Å². The monoisotopic (exact) mass is 223 g/mol. The second-order valence-corrected chi connectivity index (χ2v) is 4.39. The first-order valence-electron chi connectivity index (χ1n) is 5.89. The maximum absolute atomic E-state index is 13.0. The minimum atomic E-state index is -0.159. The van der Waals surface area contributed by atoms with Crippen LogP contribution in [0.3, 0.4) is 0 Å². The maximum Gasteiger partial charge on any atom is 0.123 e. The van der Waals surface area contributed by atoms with E-state index in [2.05, 4.69) is 12.2 Å². The molecule has 3 heteroatoms. The Labute approximate surface area is 95.5 Å². The average molecular weight is 223 g/mol. The van der Waals surface area contributed by atoms with Crippen molar-refractivity contribution in [2.45, 2.75) is 38.3 Å². The zero-order chi connectivity index (χ0) is 11.5. The molecule has 0 aliphatic heterocycles. The third-order valence-electron chi connectivity index (χ3n) is 3.33. The molecule has 0 aromatic heterocycles. The lowest BCUT2D eigenvalue weighted by Gasteiger charge is -2.20. The number of fused-ring (bicyclic) bond motifs is 1. The van der Waals surface area contributed by atoms with Crippen molar-refractivity contribution in [3.8, 4) is 0 Å². The number of halogens is 1. The van der Waals surface area contributed by atoms with Gasteiger partial charge in [-0.15, -0.1) is 0 Å². The second kappa shape index (κ2) is 4.93. The maximum atomic E-state index is 13.0. The van der Waals surface area contributed by atoms with Gasteiger partial charge in [-0.2, -0.15) is 0 Å². The lowest BCUT2D eigenvalue weighted by molar-refractivity contribution is 0.227. The van der Waals surface area contributed by atoms with Crippen molar-refractivity contribution >= 4 is 0 Å². The van der Waals surface area contributed by atoms with Crippen molar-refractivity contribution in [1.82, 2.24) is 5.32 Å². The van der Waals surface area contributed by atoms with E-state index in [1.165, 1.54) is 11.6 Å². The molecule has 0 amide bonds. The van der Waals surface area contributed by atoms with Crippen molar-refractivity contribution in [3.05, 3.63) is 35.1 Å². The number of aryl methyl sites for hydroxylation is 1. The number of hydrogen-bond acceptors (Lipinski definition) is 2. The fraction of sp³-hybridized carbons (Fsp3) is 0.538. The van der Waals surface area contributed by atoms with E-state index in [1.54, 1.807) is 6.07 Å². The molecule has 16 heavy (non-hydrogen) atoms. The first-order valence-corrected chi connectivity index (χ1v) is 5.89. The summed E-state index contributed by atoms with van der Waals surface area (Å²) in [6.07, 6.45) is 2.82. The Morgan fingerprint density at radius 2 is 2.38 bits per heavy atom. The molecule has 0 fully saturated rings. The molecule has 2 rings (SSSR count). The van der Waals surface area contributed by atoms with Gasteiger partial charge in [0.25, 0.3) is 0 Å². The van der Waals surface area contributed by atoms with Crippen LogP contribution in [-0.2, 0) is 6.42 Å². The molecule has 0 radical (unpaired) electrons. The van der Waals surface area contributed by atoms with Gasteiger partial charge in [0.15, 0.2) is 0 Å². The molecule has 2 N–H and O–H groups in total. The van der Waals surface area contributed by atoms with Gasteiger partial charge in [0, 0.05) is 12.1 Å². The average Bonchev–Trinajstić information content (AvgIpc) is 2.68. The molecule has 1 aromatic carbocycles. The first-order chi connectivity index (χ1) is 7.74. The van der Waals surface area contributed by atoms with E-state index in [0.717, 1.165) is 24.8 Å². The highest BCUT2D eigenvalue weighted by Crippen LogP contribution is 2.31. The molecule has 1 aliphatic carbocycles. The molecule has 0 spiro atoms. The van der Waals surface area contributed by atoms with Crippen LogP contribution in [-0.4, -0.2) is 17.8 Å². The van der Waals surface area contributed by atoms with Gasteiger partial charge in [-0.05, 0) is 42.5 Å². The number of rotatable bonds is 4. The highest BCUT2D eigenvalue weighted by Gasteiger charge is 2.24. The van der Waals surface area contributed by atoms with E-state index < -0.39 is 0 Å². The van der Waals surface area contributed by atoms with Gasteiger partial charge in [0.2, 0.25) is 0 Å². The van der Waals surface area contributed by atoms with Crippen molar-refractivity contribution < 1.29 is 9.50 Å².